The summed E-state index contributed by atoms with van der Waals surface area (Å²) in [6, 6.07) is 10.6. The number of aromatic amines is 1. The highest BCUT2D eigenvalue weighted by Gasteiger charge is 2.25. The molecule has 4 nitrogen and oxygen atoms in total. The van der Waals surface area contributed by atoms with Crippen LogP contribution in [0.5, 0.6) is 0 Å². The molecule has 0 radical (unpaired) electrons. The van der Waals surface area contributed by atoms with Crippen molar-refractivity contribution in [2.24, 2.45) is 0 Å². The van der Waals surface area contributed by atoms with Gasteiger partial charge in [0.05, 0.1) is 17.8 Å². The number of hydrogen-bond acceptors (Lipinski definition) is 2. The van der Waals surface area contributed by atoms with Crippen LogP contribution in [0.3, 0.4) is 0 Å². The largest absolute Gasteiger partial charge is 0.322 e. The third-order valence-corrected chi connectivity index (χ3v) is 4.76. The van der Waals surface area contributed by atoms with Crippen molar-refractivity contribution in [2.75, 3.05) is 0 Å². The van der Waals surface area contributed by atoms with E-state index >= 15 is 0 Å². The second-order valence-corrected chi connectivity index (χ2v) is 6.02. The second kappa shape index (κ2) is 5.13. The minimum absolute atomic E-state index is 0.0119. The zero-order valence-electron chi connectivity index (χ0n) is 12.7. The van der Waals surface area contributed by atoms with E-state index in [1.807, 2.05) is 6.07 Å². The molecule has 1 N–H and O–H groups in total. The molecule has 1 atom stereocenters. The number of aromatic nitrogens is 3. The Balaban J connectivity index is 2.01. The Morgan fingerprint density at radius 2 is 1.95 bits per heavy atom. The first kappa shape index (κ1) is 13.3. The Morgan fingerprint density at radius 1 is 1.18 bits per heavy atom. The first-order valence-electron chi connectivity index (χ1n) is 7.91. The summed E-state index contributed by atoms with van der Waals surface area (Å²) in [5.74, 6) is 0. The summed E-state index contributed by atoms with van der Waals surface area (Å²) >= 11 is 0. The van der Waals surface area contributed by atoms with Gasteiger partial charge in [-0.1, -0.05) is 30.3 Å². The molecule has 1 aliphatic rings. The molecule has 3 aromatic rings. The number of aryl methyl sites for hydroxylation is 1. The highest BCUT2D eigenvalue weighted by atomic mass is 16.1. The summed E-state index contributed by atoms with van der Waals surface area (Å²) in [6.45, 7) is 2.19. The standard InChI is InChI=1S/C18H19N3O/c1-12(13-7-3-2-4-8-13)21-15-10-6-5-9-14(15)16-17(21)19-11-20-18(16)22/h2-4,7-8,11-12H,5-6,9-10H2,1H3,(H,19,20,22). The van der Waals surface area contributed by atoms with Crippen molar-refractivity contribution in [1.29, 1.82) is 0 Å². The van der Waals surface area contributed by atoms with Gasteiger partial charge < -0.3 is 9.55 Å². The predicted octanol–water partition coefficient (Wildman–Crippen LogP) is 3.21. The van der Waals surface area contributed by atoms with Gasteiger partial charge in [-0.3, -0.25) is 4.79 Å². The number of fused-ring (bicyclic) bond motifs is 3. The SMILES string of the molecule is CC(c1ccccc1)n1c2c(c3c(=O)[nH]cnc31)CCCC2. The van der Waals surface area contributed by atoms with Crippen LogP contribution < -0.4 is 5.56 Å². The molecular formula is C18H19N3O. The van der Waals surface area contributed by atoms with Gasteiger partial charge in [-0.2, -0.15) is 0 Å². The van der Waals surface area contributed by atoms with Crippen LogP contribution in [0, 0.1) is 0 Å². The van der Waals surface area contributed by atoms with E-state index in [0.717, 1.165) is 30.3 Å². The lowest BCUT2D eigenvalue weighted by atomic mass is 9.96. The molecule has 1 aliphatic carbocycles. The van der Waals surface area contributed by atoms with Crippen molar-refractivity contribution in [1.82, 2.24) is 14.5 Å². The van der Waals surface area contributed by atoms with Crippen molar-refractivity contribution < 1.29 is 0 Å². The Labute approximate surface area is 128 Å². The first-order chi connectivity index (χ1) is 10.8. The Hall–Kier alpha value is -2.36. The van der Waals surface area contributed by atoms with E-state index in [9.17, 15) is 4.79 Å². The van der Waals surface area contributed by atoms with Gasteiger partial charge in [-0.05, 0) is 43.7 Å². The number of nitrogens with one attached hydrogen (secondary N) is 1. The van der Waals surface area contributed by atoms with Crippen molar-refractivity contribution >= 4 is 11.0 Å². The molecule has 0 fully saturated rings. The van der Waals surface area contributed by atoms with E-state index in [2.05, 4.69) is 45.7 Å². The molecule has 4 heteroatoms. The maximum Gasteiger partial charge on any atom is 0.260 e. The lowest BCUT2D eigenvalue weighted by molar-refractivity contribution is 0.581. The fraction of sp³-hybridized carbons (Fsp3) is 0.333. The molecule has 0 spiro atoms. The van der Waals surface area contributed by atoms with Crippen molar-refractivity contribution in [3.63, 3.8) is 0 Å². The molecule has 2 aromatic heterocycles. The van der Waals surface area contributed by atoms with E-state index < -0.39 is 0 Å². The van der Waals surface area contributed by atoms with Gasteiger partial charge in [0.2, 0.25) is 0 Å². The van der Waals surface area contributed by atoms with Crippen LogP contribution in [0.1, 0.15) is 42.6 Å². The first-order valence-corrected chi connectivity index (χ1v) is 7.91. The molecule has 1 aromatic carbocycles. The van der Waals surface area contributed by atoms with Gasteiger partial charge in [-0.15, -0.1) is 0 Å². The summed E-state index contributed by atoms with van der Waals surface area (Å²) in [5.41, 5.74) is 4.56. The summed E-state index contributed by atoms with van der Waals surface area (Å²) in [5, 5.41) is 0.792. The Bertz CT molecular complexity index is 876. The summed E-state index contributed by atoms with van der Waals surface area (Å²) in [6.07, 6.45) is 5.87. The average Bonchev–Trinajstić information content (AvgIpc) is 2.90. The van der Waals surface area contributed by atoms with E-state index in [-0.39, 0.29) is 11.6 Å². The van der Waals surface area contributed by atoms with Gasteiger partial charge in [0.25, 0.3) is 5.56 Å². The van der Waals surface area contributed by atoms with E-state index in [4.69, 9.17) is 0 Å². The summed E-state index contributed by atoms with van der Waals surface area (Å²) in [4.78, 5) is 19.6. The number of nitrogens with zero attached hydrogens (tertiary/aromatic N) is 2. The lowest BCUT2D eigenvalue weighted by Gasteiger charge is -2.21. The van der Waals surface area contributed by atoms with Crippen LogP contribution in [-0.4, -0.2) is 14.5 Å². The number of benzene rings is 1. The fourth-order valence-electron chi connectivity index (χ4n) is 3.70. The quantitative estimate of drug-likeness (QED) is 0.788. The zero-order valence-corrected chi connectivity index (χ0v) is 12.7. The minimum atomic E-state index is -0.0119. The molecule has 0 saturated heterocycles. The molecule has 0 amide bonds. The van der Waals surface area contributed by atoms with E-state index in [0.29, 0.717) is 0 Å². The van der Waals surface area contributed by atoms with Crippen LogP contribution >= 0.6 is 0 Å². The second-order valence-electron chi connectivity index (χ2n) is 6.02. The molecule has 22 heavy (non-hydrogen) atoms. The molecular weight excluding hydrogens is 274 g/mol. The van der Waals surface area contributed by atoms with Crippen LogP contribution in [-0.2, 0) is 12.8 Å². The van der Waals surface area contributed by atoms with Crippen molar-refractivity contribution in [3.05, 3.63) is 63.8 Å². The smallest absolute Gasteiger partial charge is 0.260 e. The van der Waals surface area contributed by atoms with Gasteiger partial charge in [0, 0.05) is 5.69 Å². The molecule has 4 rings (SSSR count). The topological polar surface area (TPSA) is 50.7 Å². The number of H-pyrrole nitrogens is 1. The molecule has 112 valence electrons. The minimum Gasteiger partial charge on any atom is -0.322 e. The van der Waals surface area contributed by atoms with Crippen LogP contribution in [0.15, 0.2) is 41.5 Å². The Kier molecular flexibility index (Phi) is 3.10. The van der Waals surface area contributed by atoms with E-state index in [1.165, 1.54) is 29.6 Å². The third kappa shape index (κ3) is 1.90. The van der Waals surface area contributed by atoms with Gasteiger partial charge in [0.1, 0.15) is 5.65 Å². The van der Waals surface area contributed by atoms with Gasteiger partial charge in [0.15, 0.2) is 0 Å². The van der Waals surface area contributed by atoms with Crippen LogP contribution in [0.4, 0.5) is 0 Å². The summed E-state index contributed by atoms with van der Waals surface area (Å²) in [7, 11) is 0. The van der Waals surface area contributed by atoms with Crippen molar-refractivity contribution in [2.45, 2.75) is 38.6 Å². The molecule has 1 unspecified atom stereocenters. The van der Waals surface area contributed by atoms with Crippen LogP contribution in [0.2, 0.25) is 0 Å². The number of hydrogen-bond donors (Lipinski definition) is 1. The Morgan fingerprint density at radius 3 is 2.77 bits per heavy atom. The average molecular weight is 293 g/mol. The van der Waals surface area contributed by atoms with Gasteiger partial charge >= 0.3 is 0 Å². The molecule has 0 bridgehead atoms. The monoisotopic (exact) mass is 293 g/mol. The third-order valence-electron chi connectivity index (χ3n) is 4.76. The van der Waals surface area contributed by atoms with Gasteiger partial charge in [-0.25, -0.2) is 4.98 Å². The highest BCUT2D eigenvalue weighted by molar-refractivity contribution is 5.81. The normalized spacial score (nSPS) is 15.7. The lowest BCUT2D eigenvalue weighted by Crippen LogP contribution is -2.13. The molecule has 0 saturated carbocycles. The summed E-state index contributed by atoms with van der Waals surface area (Å²) < 4.78 is 2.27. The van der Waals surface area contributed by atoms with Crippen molar-refractivity contribution in [3.8, 4) is 0 Å². The van der Waals surface area contributed by atoms with Crippen LogP contribution in [0.25, 0.3) is 11.0 Å². The maximum absolute atomic E-state index is 12.3. The van der Waals surface area contributed by atoms with E-state index in [1.54, 1.807) is 0 Å². The zero-order chi connectivity index (χ0) is 15.1. The fourth-order valence-corrected chi connectivity index (χ4v) is 3.70. The highest BCUT2D eigenvalue weighted by Crippen LogP contribution is 2.33. The predicted molar refractivity (Wildman–Crippen MR) is 87.3 cm³/mol. The maximum atomic E-state index is 12.3. The molecule has 2 heterocycles. The number of rotatable bonds is 2. The molecule has 0 aliphatic heterocycles.